The molecule has 1 atom stereocenters. The zero-order valence-electron chi connectivity index (χ0n) is 13.7. The average Bonchev–Trinajstić information content (AvgIpc) is 3.08. The van der Waals surface area contributed by atoms with Gasteiger partial charge in [-0.15, -0.1) is 0 Å². The Morgan fingerprint density at radius 3 is 2.75 bits per heavy atom. The molecule has 0 bridgehead atoms. The fourth-order valence-corrected chi connectivity index (χ4v) is 2.18. The Labute approximate surface area is 140 Å². The summed E-state index contributed by atoms with van der Waals surface area (Å²) in [6.45, 7) is 4.76. The summed E-state index contributed by atoms with van der Waals surface area (Å²) in [5.74, 6) is 1.73. The highest BCUT2D eigenvalue weighted by Crippen LogP contribution is 2.32. The van der Waals surface area contributed by atoms with Gasteiger partial charge in [-0.05, 0) is 31.0 Å². The van der Waals surface area contributed by atoms with E-state index in [0.717, 1.165) is 17.7 Å². The van der Waals surface area contributed by atoms with Gasteiger partial charge in [0.25, 0.3) is 5.91 Å². The van der Waals surface area contributed by atoms with E-state index in [9.17, 15) is 4.79 Å². The van der Waals surface area contributed by atoms with Crippen molar-refractivity contribution in [3.8, 4) is 11.5 Å². The van der Waals surface area contributed by atoms with Crippen LogP contribution in [0.3, 0.4) is 0 Å². The number of nitrogens with zero attached hydrogens (tertiary/aromatic N) is 2. The molecule has 1 amide bonds. The molecule has 1 unspecified atom stereocenters. The highest BCUT2D eigenvalue weighted by molar-refractivity contribution is 5.93. The van der Waals surface area contributed by atoms with E-state index < -0.39 is 0 Å². The van der Waals surface area contributed by atoms with Crippen molar-refractivity contribution >= 4 is 11.9 Å². The molecule has 0 spiro atoms. The molecular formula is C17H20N4O3. The van der Waals surface area contributed by atoms with Crippen LogP contribution in [0.1, 0.15) is 36.2 Å². The Bertz CT molecular complexity index is 718. The minimum absolute atomic E-state index is 0.220. The molecule has 2 heterocycles. The zero-order valence-corrected chi connectivity index (χ0v) is 13.7. The molecule has 1 aliphatic rings. The van der Waals surface area contributed by atoms with Crippen molar-refractivity contribution in [1.82, 2.24) is 15.3 Å². The van der Waals surface area contributed by atoms with Crippen LogP contribution >= 0.6 is 0 Å². The number of rotatable bonds is 6. The fourth-order valence-electron chi connectivity index (χ4n) is 2.18. The molecular weight excluding hydrogens is 308 g/mol. The van der Waals surface area contributed by atoms with Gasteiger partial charge < -0.3 is 20.1 Å². The number of anilines is 1. The zero-order chi connectivity index (χ0) is 16.9. The molecule has 0 radical (unpaired) electrons. The van der Waals surface area contributed by atoms with E-state index >= 15 is 0 Å². The number of carbonyl (C=O) groups is 1. The van der Waals surface area contributed by atoms with Crippen LogP contribution in [0.2, 0.25) is 0 Å². The number of ether oxygens (including phenoxy) is 2. The van der Waals surface area contributed by atoms with Crippen molar-refractivity contribution in [3.05, 3.63) is 41.7 Å². The SMILES string of the molecule is CCC(C)Nc1ncc(C(=O)NCc2ccc3c(c2)OCO3)cn1. The van der Waals surface area contributed by atoms with Crippen LogP contribution in [-0.4, -0.2) is 28.7 Å². The predicted molar refractivity (Wildman–Crippen MR) is 89.1 cm³/mol. The molecule has 3 rings (SSSR count). The van der Waals surface area contributed by atoms with Crippen LogP contribution in [0.25, 0.3) is 0 Å². The molecule has 2 N–H and O–H groups in total. The summed E-state index contributed by atoms with van der Waals surface area (Å²) in [4.78, 5) is 20.5. The highest BCUT2D eigenvalue weighted by Gasteiger charge is 2.14. The van der Waals surface area contributed by atoms with Crippen LogP contribution in [0.15, 0.2) is 30.6 Å². The van der Waals surface area contributed by atoms with E-state index in [1.807, 2.05) is 18.2 Å². The third kappa shape index (κ3) is 3.73. The lowest BCUT2D eigenvalue weighted by atomic mass is 10.2. The van der Waals surface area contributed by atoms with Gasteiger partial charge >= 0.3 is 0 Å². The van der Waals surface area contributed by atoms with Gasteiger partial charge in [0.15, 0.2) is 11.5 Å². The number of hydrogen-bond donors (Lipinski definition) is 2. The Hall–Kier alpha value is -2.83. The molecule has 0 fully saturated rings. The molecule has 1 aliphatic heterocycles. The highest BCUT2D eigenvalue weighted by atomic mass is 16.7. The maximum Gasteiger partial charge on any atom is 0.254 e. The average molecular weight is 328 g/mol. The quantitative estimate of drug-likeness (QED) is 0.846. The van der Waals surface area contributed by atoms with Crippen LogP contribution in [0.5, 0.6) is 11.5 Å². The van der Waals surface area contributed by atoms with E-state index in [4.69, 9.17) is 9.47 Å². The summed E-state index contributed by atoms with van der Waals surface area (Å²) in [6.07, 6.45) is 4.01. The Kier molecular flexibility index (Phi) is 4.79. The maximum atomic E-state index is 12.2. The second kappa shape index (κ2) is 7.16. The summed E-state index contributed by atoms with van der Waals surface area (Å²) in [5.41, 5.74) is 1.36. The monoisotopic (exact) mass is 328 g/mol. The topological polar surface area (TPSA) is 85.4 Å². The Balaban J connectivity index is 1.57. The van der Waals surface area contributed by atoms with Gasteiger partial charge in [-0.3, -0.25) is 4.79 Å². The van der Waals surface area contributed by atoms with Gasteiger partial charge in [0.05, 0.1) is 5.56 Å². The van der Waals surface area contributed by atoms with Crippen molar-refractivity contribution in [3.63, 3.8) is 0 Å². The van der Waals surface area contributed by atoms with E-state index in [0.29, 0.717) is 23.8 Å². The molecule has 7 nitrogen and oxygen atoms in total. The molecule has 1 aromatic heterocycles. The first kappa shape index (κ1) is 16.0. The standard InChI is InChI=1S/C17H20N4O3/c1-3-11(2)21-17-19-8-13(9-20-17)16(22)18-7-12-4-5-14-15(6-12)24-10-23-14/h4-6,8-9,11H,3,7,10H2,1-2H3,(H,18,22)(H,19,20,21). The number of amides is 1. The second-order valence-electron chi connectivity index (χ2n) is 5.62. The lowest BCUT2D eigenvalue weighted by Gasteiger charge is -2.11. The number of fused-ring (bicyclic) bond motifs is 1. The first-order valence-electron chi connectivity index (χ1n) is 7.91. The second-order valence-corrected chi connectivity index (χ2v) is 5.62. The largest absolute Gasteiger partial charge is 0.454 e. The normalized spacial score (nSPS) is 13.4. The molecule has 126 valence electrons. The number of hydrogen-bond acceptors (Lipinski definition) is 6. The number of aromatic nitrogens is 2. The van der Waals surface area contributed by atoms with Gasteiger partial charge in [-0.1, -0.05) is 13.0 Å². The molecule has 1 aromatic carbocycles. The summed E-state index contributed by atoms with van der Waals surface area (Å²) in [7, 11) is 0. The minimum Gasteiger partial charge on any atom is -0.454 e. The van der Waals surface area contributed by atoms with Crippen molar-refractivity contribution < 1.29 is 14.3 Å². The van der Waals surface area contributed by atoms with Gasteiger partial charge in [0.1, 0.15) is 0 Å². The molecule has 0 saturated heterocycles. The van der Waals surface area contributed by atoms with Crippen molar-refractivity contribution in [2.45, 2.75) is 32.9 Å². The number of carbonyl (C=O) groups excluding carboxylic acids is 1. The number of nitrogens with one attached hydrogen (secondary N) is 2. The van der Waals surface area contributed by atoms with Crippen LogP contribution < -0.4 is 20.1 Å². The van der Waals surface area contributed by atoms with E-state index in [2.05, 4.69) is 34.4 Å². The summed E-state index contributed by atoms with van der Waals surface area (Å²) >= 11 is 0. The van der Waals surface area contributed by atoms with E-state index in [-0.39, 0.29) is 18.7 Å². The molecule has 7 heteroatoms. The third-order valence-corrected chi connectivity index (χ3v) is 3.79. The molecule has 2 aromatic rings. The van der Waals surface area contributed by atoms with Crippen molar-refractivity contribution in [2.24, 2.45) is 0 Å². The van der Waals surface area contributed by atoms with Gasteiger partial charge in [0.2, 0.25) is 12.7 Å². The summed E-state index contributed by atoms with van der Waals surface area (Å²) < 4.78 is 10.6. The van der Waals surface area contributed by atoms with E-state index in [1.165, 1.54) is 12.4 Å². The number of benzene rings is 1. The first-order chi connectivity index (χ1) is 11.7. The van der Waals surface area contributed by atoms with Crippen molar-refractivity contribution in [2.75, 3.05) is 12.1 Å². The lowest BCUT2D eigenvalue weighted by Crippen LogP contribution is -2.23. The van der Waals surface area contributed by atoms with Gasteiger partial charge in [-0.25, -0.2) is 9.97 Å². The molecule has 0 aliphatic carbocycles. The van der Waals surface area contributed by atoms with Crippen LogP contribution in [0, 0.1) is 0 Å². The predicted octanol–water partition coefficient (Wildman–Crippen LogP) is 2.35. The molecule has 0 saturated carbocycles. The van der Waals surface area contributed by atoms with Crippen molar-refractivity contribution in [1.29, 1.82) is 0 Å². The fraction of sp³-hybridized carbons (Fsp3) is 0.353. The van der Waals surface area contributed by atoms with Crippen LogP contribution in [-0.2, 0) is 6.54 Å². The Morgan fingerprint density at radius 1 is 1.25 bits per heavy atom. The summed E-state index contributed by atoms with van der Waals surface area (Å²) in [5, 5.41) is 6.00. The smallest absolute Gasteiger partial charge is 0.254 e. The van der Waals surface area contributed by atoms with Gasteiger partial charge in [-0.2, -0.15) is 0 Å². The lowest BCUT2D eigenvalue weighted by molar-refractivity contribution is 0.0950. The summed E-state index contributed by atoms with van der Waals surface area (Å²) in [6, 6.07) is 5.87. The van der Waals surface area contributed by atoms with Gasteiger partial charge in [0, 0.05) is 25.0 Å². The van der Waals surface area contributed by atoms with Crippen LogP contribution in [0.4, 0.5) is 5.95 Å². The Morgan fingerprint density at radius 2 is 2.00 bits per heavy atom. The first-order valence-corrected chi connectivity index (χ1v) is 7.91. The molecule has 24 heavy (non-hydrogen) atoms. The minimum atomic E-state index is -0.220. The third-order valence-electron chi connectivity index (χ3n) is 3.79. The maximum absolute atomic E-state index is 12.2. The van der Waals surface area contributed by atoms with E-state index in [1.54, 1.807) is 0 Å².